The smallest absolute Gasteiger partial charge is 0.160 e. The largest absolute Gasteiger partial charge is 0.299 e. The van der Waals surface area contributed by atoms with Gasteiger partial charge in [0.05, 0.1) is 0 Å². The molecule has 32 heavy (non-hydrogen) atoms. The first kappa shape index (κ1) is 22.6. The molecule has 0 saturated heterocycles. The monoisotopic (exact) mass is 436 g/mol. The van der Waals surface area contributed by atoms with Crippen LogP contribution in [0.5, 0.6) is 0 Å². The molecule has 7 atom stereocenters. The minimum atomic E-state index is -0.180. The van der Waals surface area contributed by atoms with Gasteiger partial charge in [0.15, 0.2) is 5.78 Å². The van der Waals surface area contributed by atoms with Gasteiger partial charge in [0.25, 0.3) is 0 Å². The number of ketones is 2. The number of rotatable bonds is 2. The minimum Gasteiger partial charge on any atom is -0.299 e. The van der Waals surface area contributed by atoms with Gasteiger partial charge in [0, 0.05) is 23.7 Å². The lowest BCUT2D eigenvalue weighted by atomic mass is 9.37. The first-order valence-electron chi connectivity index (χ1n) is 13.4. The van der Waals surface area contributed by atoms with Crippen LogP contribution in [0.15, 0.2) is 23.8 Å². The van der Waals surface area contributed by atoms with Gasteiger partial charge >= 0.3 is 0 Å². The lowest BCUT2D eigenvalue weighted by Gasteiger charge is -2.67. The summed E-state index contributed by atoms with van der Waals surface area (Å²) in [6.45, 7) is 18.3. The molecule has 0 N–H and O–H groups in total. The van der Waals surface area contributed by atoms with Gasteiger partial charge < -0.3 is 0 Å². The molecule has 5 aliphatic carbocycles. The van der Waals surface area contributed by atoms with Crippen molar-refractivity contribution in [1.82, 2.24) is 0 Å². The van der Waals surface area contributed by atoms with E-state index in [4.69, 9.17) is 0 Å². The first-order valence-corrected chi connectivity index (χ1v) is 13.4. The Labute approximate surface area is 195 Å². The van der Waals surface area contributed by atoms with Crippen molar-refractivity contribution in [1.29, 1.82) is 0 Å². The molecular formula is C30H44O2. The van der Waals surface area contributed by atoms with Crippen molar-refractivity contribution in [2.24, 2.45) is 51.2 Å². The van der Waals surface area contributed by atoms with E-state index in [1.807, 2.05) is 0 Å². The average molecular weight is 437 g/mol. The molecule has 0 aromatic carbocycles. The molecule has 5 aliphatic rings. The lowest BCUT2D eigenvalue weighted by molar-refractivity contribution is -0.182. The maximum absolute atomic E-state index is 13.2. The summed E-state index contributed by atoms with van der Waals surface area (Å²) in [5.74, 6) is 3.61. The molecule has 2 heteroatoms. The standard InChI is InChI=1S/C30H44O2/c1-8-30-16-11-20-19(26(30)25(18(2)3)21(31)17-30)9-10-23-28(20,6)14-12-22-27(4,5)24(32)13-15-29(22,23)7/h8,18-20,22-23H,1,9-17H2,2-7H3. The topological polar surface area (TPSA) is 34.1 Å². The number of hydrogen-bond donors (Lipinski definition) is 0. The first-order chi connectivity index (χ1) is 14.9. The number of allylic oxidation sites excluding steroid dienone is 3. The molecule has 0 amide bonds. The Bertz CT molecular complexity index is 906. The molecule has 4 saturated carbocycles. The molecule has 0 heterocycles. The number of Topliss-reactive ketones (excluding diaryl/α,β-unsaturated/α-hetero) is 2. The third-order valence-electron chi connectivity index (χ3n) is 11.8. The van der Waals surface area contributed by atoms with E-state index in [0.717, 1.165) is 24.8 Å². The highest BCUT2D eigenvalue weighted by Crippen LogP contribution is 2.72. The fourth-order valence-electron chi connectivity index (χ4n) is 10.4. The van der Waals surface area contributed by atoms with Gasteiger partial charge in [-0.05, 0) is 96.5 Å². The lowest BCUT2D eigenvalue weighted by Crippen LogP contribution is -2.61. The predicted octanol–water partition coefficient (Wildman–Crippen LogP) is 7.33. The van der Waals surface area contributed by atoms with Crippen molar-refractivity contribution >= 4 is 11.6 Å². The zero-order valence-electron chi connectivity index (χ0n) is 21.4. The molecule has 2 nitrogen and oxygen atoms in total. The molecule has 4 fully saturated rings. The summed E-state index contributed by atoms with van der Waals surface area (Å²) in [4.78, 5) is 26.0. The third-order valence-corrected chi connectivity index (χ3v) is 11.8. The molecule has 0 radical (unpaired) electrons. The quantitative estimate of drug-likeness (QED) is 0.425. The van der Waals surface area contributed by atoms with E-state index in [9.17, 15) is 9.59 Å². The highest BCUT2D eigenvalue weighted by molar-refractivity contribution is 6.01. The number of carbonyl (C=O) groups excluding carboxylic acids is 2. The second-order valence-corrected chi connectivity index (χ2v) is 13.6. The van der Waals surface area contributed by atoms with Crippen molar-refractivity contribution < 1.29 is 9.59 Å². The van der Waals surface area contributed by atoms with Crippen LogP contribution in [0.2, 0.25) is 0 Å². The van der Waals surface area contributed by atoms with Gasteiger partial charge in [-0.3, -0.25) is 9.59 Å². The zero-order chi connectivity index (χ0) is 23.3. The molecule has 176 valence electrons. The third kappa shape index (κ3) is 2.65. The van der Waals surface area contributed by atoms with Crippen LogP contribution in [0.1, 0.15) is 99.3 Å². The summed E-state index contributed by atoms with van der Waals surface area (Å²) in [6.07, 6.45) is 11.9. The Morgan fingerprint density at radius 3 is 2.28 bits per heavy atom. The number of fused-ring (bicyclic) bond motifs is 7. The second kappa shape index (κ2) is 6.92. The van der Waals surface area contributed by atoms with Gasteiger partial charge in [-0.1, -0.05) is 47.6 Å². The van der Waals surface area contributed by atoms with Crippen LogP contribution in [0.3, 0.4) is 0 Å². The fourth-order valence-corrected chi connectivity index (χ4v) is 10.4. The normalized spacial score (nSPS) is 47.6. The van der Waals surface area contributed by atoms with Crippen molar-refractivity contribution in [3.63, 3.8) is 0 Å². The minimum absolute atomic E-state index is 0.0681. The van der Waals surface area contributed by atoms with Crippen molar-refractivity contribution in [2.75, 3.05) is 0 Å². The Morgan fingerprint density at radius 2 is 1.62 bits per heavy atom. The van der Waals surface area contributed by atoms with E-state index in [1.54, 1.807) is 0 Å². The van der Waals surface area contributed by atoms with Crippen LogP contribution < -0.4 is 0 Å². The van der Waals surface area contributed by atoms with E-state index >= 15 is 0 Å². The maximum atomic E-state index is 13.2. The molecule has 0 aliphatic heterocycles. The summed E-state index contributed by atoms with van der Waals surface area (Å²) < 4.78 is 0. The fraction of sp³-hybridized carbons (Fsp3) is 0.800. The van der Waals surface area contributed by atoms with E-state index in [2.05, 4.69) is 54.2 Å². The Hall–Kier alpha value is -1.18. The Kier molecular flexibility index (Phi) is 4.89. The summed E-state index contributed by atoms with van der Waals surface area (Å²) in [6, 6.07) is 0. The summed E-state index contributed by atoms with van der Waals surface area (Å²) in [5, 5.41) is 0. The summed E-state index contributed by atoms with van der Waals surface area (Å²) >= 11 is 0. The molecular weight excluding hydrogens is 392 g/mol. The van der Waals surface area contributed by atoms with E-state index in [-0.39, 0.29) is 16.2 Å². The second-order valence-electron chi connectivity index (χ2n) is 13.6. The SMILES string of the molecule is C=CC12CCC3C(CCC4C3(C)CCC3C(C)(C)C(=O)CCC34C)C1=C(C(C)C)C(=O)C2. The summed E-state index contributed by atoms with van der Waals surface area (Å²) in [5.41, 5.74) is 3.00. The van der Waals surface area contributed by atoms with Crippen molar-refractivity contribution in [3.05, 3.63) is 23.8 Å². The van der Waals surface area contributed by atoms with Crippen LogP contribution in [-0.4, -0.2) is 11.6 Å². The molecule has 7 unspecified atom stereocenters. The highest BCUT2D eigenvalue weighted by Gasteiger charge is 2.65. The maximum Gasteiger partial charge on any atom is 0.160 e. The van der Waals surface area contributed by atoms with Gasteiger partial charge in [0.2, 0.25) is 0 Å². The highest BCUT2D eigenvalue weighted by atomic mass is 16.1. The average Bonchev–Trinajstić information content (AvgIpc) is 3.03. The van der Waals surface area contributed by atoms with Gasteiger partial charge in [0.1, 0.15) is 5.78 Å². The van der Waals surface area contributed by atoms with Gasteiger partial charge in [-0.2, -0.15) is 0 Å². The van der Waals surface area contributed by atoms with E-state index < -0.39 is 0 Å². The molecule has 5 rings (SSSR count). The number of hydrogen-bond acceptors (Lipinski definition) is 2. The number of carbonyl (C=O) groups is 2. The van der Waals surface area contributed by atoms with E-state index in [1.165, 1.54) is 37.7 Å². The summed E-state index contributed by atoms with van der Waals surface area (Å²) in [7, 11) is 0. The van der Waals surface area contributed by atoms with Crippen LogP contribution in [0.25, 0.3) is 0 Å². The molecule has 0 bridgehead atoms. The van der Waals surface area contributed by atoms with Crippen LogP contribution in [0.4, 0.5) is 0 Å². The Morgan fingerprint density at radius 1 is 0.906 bits per heavy atom. The molecule has 0 aromatic rings. The van der Waals surface area contributed by atoms with Gasteiger partial charge in [-0.15, -0.1) is 6.58 Å². The van der Waals surface area contributed by atoms with Crippen molar-refractivity contribution in [3.8, 4) is 0 Å². The Balaban J connectivity index is 1.57. The van der Waals surface area contributed by atoms with Gasteiger partial charge in [-0.25, -0.2) is 0 Å². The predicted molar refractivity (Wildman–Crippen MR) is 130 cm³/mol. The van der Waals surface area contributed by atoms with Crippen LogP contribution in [-0.2, 0) is 9.59 Å². The van der Waals surface area contributed by atoms with E-state index in [0.29, 0.717) is 53.0 Å². The van der Waals surface area contributed by atoms with Crippen LogP contribution >= 0.6 is 0 Å². The zero-order valence-corrected chi connectivity index (χ0v) is 21.4. The molecule has 0 aromatic heterocycles. The van der Waals surface area contributed by atoms with Crippen LogP contribution in [0, 0.1) is 51.2 Å². The van der Waals surface area contributed by atoms with Crippen molar-refractivity contribution in [2.45, 2.75) is 99.3 Å². The molecule has 0 spiro atoms.